The normalized spacial score (nSPS) is 16.4. The number of aromatic nitrogens is 2. The van der Waals surface area contributed by atoms with E-state index in [0.717, 1.165) is 57.8 Å². The number of rotatable bonds is 9. The van der Waals surface area contributed by atoms with Crippen LogP contribution in [0.1, 0.15) is 47.3 Å². The van der Waals surface area contributed by atoms with Crippen molar-refractivity contribution in [2.45, 2.75) is 38.6 Å². The van der Waals surface area contributed by atoms with Gasteiger partial charge in [0.2, 0.25) is 0 Å². The molecule has 2 aliphatic heterocycles. The van der Waals surface area contributed by atoms with E-state index in [1.54, 1.807) is 17.0 Å². The minimum absolute atomic E-state index is 0.223. The summed E-state index contributed by atoms with van der Waals surface area (Å²) in [5.74, 6) is 0.532. The zero-order valence-corrected chi connectivity index (χ0v) is 23.0. The van der Waals surface area contributed by atoms with Crippen LogP contribution in [-0.2, 0) is 13.0 Å². The fourth-order valence-electron chi connectivity index (χ4n) is 5.19. The molecule has 3 aromatic rings. The van der Waals surface area contributed by atoms with Crippen molar-refractivity contribution in [1.82, 2.24) is 24.7 Å². The first-order valence-electron chi connectivity index (χ1n) is 14.3. The van der Waals surface area contributed by atoms with Gasteiger partial charge in [0.1, 0.15) is 5.82 Å². The van der Waals surface area contributed by atoms with E-state index in [4.69, 9.17) is 4.74 Å². The molecule has 1 N–H and O–H groups in total. The third-order valence-corrected chi connectivity index (χ3v) is 7.52. The van der Waals surface area contributed by atoms with Crippen molar-refractivity contribution >= 4 is 17.8 Å². The van der Waals surface area contributed by atoms with Gasteiger partial charge < -0.3 is 15.0 Å². The third kappa shape index (κ3) is 8.09. The largest absolute Gasteiger partial charge is 0.415 e. The third-order valence-electron chi connectivity index (χ3n) is 7.52. The Bertz CT molecular complexity index is 1220. The highest BCUT2D eigenvalue weighted by molar-refractivity contribution is 6.03. The lowest BCUT2D eigenvalue weighted by atomic mass is 10.1. The predicted octanol–water partition coefficient (Wildman–Crippen LogP) is 4.46. The van der Waals surface area contributed by atoms with Gasteiger partial charge in [-0.05, 0) is 87.3 Å². The Kier molecular flexibility index (Phi) is 9.71. The molecule has 40 heavy (non-hydrogen) atoms. The fraction of sp³-hybridized carbons (Fsp3) is 0.419. The molecular formula is C31H38N6O3. The van der Waals surface area contributed by atoms with Crippen LogP contribution < -0.4 is 10.1 Å². The van der Waals surface area contributed by atoms with Crippen LogP contribution in [0.3, 0.4) is 0 Å². The number of amides is 2. The second-order valence-electron chi connectivity index (χ2n) is 10.5. The summed E-state index contributed by atoms with van der Waals surface area (Å²) >= 11 is 0. The summed E-state index contributed by atoms with van der Waals surface area (Å²) in [7, 11) is 0. The molecule has 0 saturated carbocycles. The van der Waals surface area contributed by atoms with Crippen LogP contribution in [-0.4, -0.2) is 82.5 Å². The molecule has 2 aliphatic rings. The maximum Gasteiger partial charge on any atom is 0.415 e. The average molecular weight is 543 g/mol. The Labute approximate surface area is 236 Å². The number of hydrogen-bond donors (Lipinski definition) is 1. The summed E-state index contributed by atoms with van der Waals surface area (Å²) in [5, 5.41) is 2.81. The van der Waals surface area contributed by atoms with Crippen LogP contribution >= 0.6 is 0 Å². The van der Waals surface area contributed by atoms with Gasteiger partial charge in [-0.15, -0.1) is 0 Å². The first-order valence-corrected chi connectivity index (χ1v) is 14.3. The van der Waals surface area contributed by atoms with Crippen LogP contribution in [0.4, 0.5) is 10.6 Å². The molecule has 1 aromatic carbocycles. The van der Waals surface area contributed by atoms with Gasteiger partial charge in [0, 0.05) is 50.2 Å². The van der Waals surface area contributed by atoms with E-state index in [-0.39, 0.29) is 12.0 Å². The topological polar surface area (TPSA) is 90.9 Å². The van der Waals surface area contributed by atoms with Gasteiger partial charge in [-0.1, -0.05) is 24.6 Å². The highest BCUT2D eigenvalue weighted by atomic mass is 16.6. The van der Waals surface area contributed by atoms with E-state index in [1.165, 1.54) is 31.0 Å². The van der Waals surface area contributed by atoms with E-state index >= 15 is 0 Å². The first-order chi connectivity index (χ1) is 19.6. The number of pyridine rings is 2. The Morgan fingerprint density at radius 1 is 0.825 bits per heavy atom. The quantitative estimate of drug-likeness (QED) is 0.427. The monoisotopic (exact) mass is 542 g/mol. The number of carbonyl (C=O) groups is 2. The van der Waals surface area contributed by atoms with Crippen molar-refractivity contribution in [1.29, 1.82) is 0 Å². The molecule has 0 unspecified atom stereocenters. The van der Waals surface area contributed by atoms with E-state index in [1.807, 2.05) is 42.6 Å². The fourth-order valence-corrected chi connectivity index (χ4v) is 5.19. The van der Waals surface area contributed by atoms with Gasteiger partial charge in [0.15, 0.2) is 5.75 Å². The summed E-state index contributed by atoms with van der Waals surface area (Å²) in [6.07, 6.45) is 8.75. The number of nitrogens with zero attached hydrogens (tertiary/aromatic N) is 5. The number of piperazine rings is 1. The summed E-state index contributed by atoms with van der Waals surface area (Å²) < 4.78 is 5.53. The molecule has 9 heteroatoms. The lowest BCUT2D eigenvalue weighted by molar-refractivity contribution is 0.102. The molecule has 0 bridgehead atoms. The molecule has 9 nitrogen and oxygen atoms in total. The molecule has 2 amide bonds. The molecule has 5 rings (SSSR count). The van der Waals surface area contributed by atoms with Crippen LogP contribution in [0, 0.1) is 0 Å². The van der Waals surface area contributed by atoms with Crippen LogP contribution in [0.15, 0.2) is 67.0 Å². The van der Waals surface area contributed by atoms with E-state index in [2.05, 4.69) is 31.2 Å². The number of ether oxygens (including phenoxy) is 1. The SMILES string of the molecule is O=C(Nc1ccc(OC(=O)N2CCN(CCCc3ccccn3)CC2)cn1)c1ccc(CN2CCCCC2)cc1. The molecule has 2 aromatic heterocycles. The lowest BCUT2D eigenvalue weighted by Crippen LogP contribution is -2.49. The van der Waals surface area contributed by atoms with E-state index in [9.17, 15) is 9.59 Å². The van der Waals surface area contributed by atoms with Crippen LogP contribution in [0.25, 0.3) is 0 Å². The zero-order chi connectivity index (χ0) is 27.6. The number of aryl methyl sites for hydroxylation is 1. The smallest absolute Gasteiger partial charge is 0.409 e. The Hall–Kier alpha value is -3.82. The summed E-state index contributed by atoms with van der Waals surface area (Å²) in [6.45, 7) is 7.08. The number of likely N-dealkylation sites (tertiary alicyclic amines) is 1. The summed E-state index contributed by atoms with van der Waals surface area (Å²) in [4.78, 5) is 40.5. The van der Waals surface area contributed by atoms with Crippen molar-refractivity contribution in [3.05, 3.63) is 83.8 Å². The summed E-state index contributed by atoms with van der Waals surface area (Å²) in [5.41, 5.74) is 2.90. The average Bonchev–Trinajstić information content (AvgIpc) is 3.00. The van der Waals surface area contributed by atoms with Gasteiger partial charge in [-0.25, -0.2) is 9.78 Å². The Morgan fingerprint density at radius 2 is 1.62 bits per heavy atom. The van der Waals surface area contributed by atoms with Crippen LogP contribution in [0.5, 0.6) is 5.75 Å². The highest BCUT2D eigenvalue weighted by Crippen LogP contribution is 2.17. The molecular weight excluding hydrogens is 504 g/mol. The van der Waals surface area contributed by atoms with Crippen molar-refractivity contribution in [3.63, 3.8) is 0 Å². The number of hydrogen-bond acceptors (Lipinski definition) is 7. The molecule has 0 spiro atoms. The molecule has 0 radical (unpaired) electrons. The molecule has 210 valence electrons. The lowest BCUT2D eigenvalue weighted by Gasteiger charge is -2.33. The van der Waals surface area contributed by atoms with Gasteiger partial charge in [0.25, 0.3) is 5.91 Å². The Balaban J connectivity index is 1.02. The molecule has 0 aliphatic carbocycles. The standard InChI is InChI=1S/C31H38N6O3/c38-30(26-11-9-25(10-12-26)24-36-16-4-1-5-17-36)34-29-14-13-28(23-33-29)40-31(39)37-21-19-35(20-22-37)18-6-8-27-7-2-3-15-32-27/h2-3,7,9-15,23H,1,4-6,8,16-22,24H2,(H,33,34,38). The Morgan fingerprint density at radius 3 is 2.33 bits per heavy atom. The second-order valence-corrected chi connectivity index (χ2v) is 10.5. The van der Waals surface area contributed by atoms with Crippen molar-refractivity contribution in [3.8, 4) is 5.75 Å². The number of anilines is 1. The maximum atomic E-state index is 12.7. The highest BCUT2D eigenvalue weighted by Gasteiger charge is 2.22. The minimum Gasteiger partial charge on any atom is -0.409 e. The van der Waals surface area contributed by atoms with Gasteiger partial charge in [-0.2, -0.15) is 0 Å². The van der Waals surface area contributed by atoms with E-state index in [0.29, 0.717) is 30.2 Å². The maximum absolute atomic E-state index is 12.7. The second kappa shape index (κ2) is 14.0. The molecule has 2 saturated heterocycles. The van der Waals surface area contributed by atoms with Gasteiger partial charge >= 0.3 is 6.09 Å². The number of carbonyl (C=O) groups excluding carboxylic acids is 2. The molecule has 0 atom stereocenters. The first kappa shape index (κ1) is 27.7. The van der Waals surface area contributed by atoms with Gasteiger partial charge in [0.05, 0.1) is 6.20 Å². The molecule has 2 fully saturated rings. The van der Waals surface area contributed by atoms with E-state index < -0.39 is 0 Å². The molecule has 4 heterocycles. The van der Waals surface area contributed by atoms with Crippen molar-refractivity contribution in [2.24, 2.45) is 0 Å². The number of piperidine rings is 1. The number of nitrogens with one attached hydrogen (secondary N) is 1. The number of benzene rings is 1. The predicted molar refractivity (Wildman–Crippen MR) is 154 cm³/mol. The zero-order valence-electron chi connectivity index (χ0n) is 23.0. The van der Waals surface area contributed by atoms with Gasteiger partial charge in [-0.3, -0.25) is 19.6 Å². The minimum atomic E-state index is -0.378. The summed E-state index contributed by atoms with van der Waals surface area (Å²) in [6, 6.07) is 17.0. The van der Waals surface area contributed by atoms with Crippen LogP contribution in [0.2, 0.25) is 0 Å². The van der Waals surface area contributed by atoms with Crippen molar-refractivity contribution < 1.29 is 14.3 Å². The van der Waals surface area contributed by atoms with Crippen molar-refractivity contribution in [2.75, 3.05) is 51.1 Å².